The van der Waals surface area contributed by atoms with Gasteiger partial charge in [-0.25, -0.2) is 5.01 Å². The van der Waals surface area contributed by atoms with Crippen LogP contribution in [0.1, 0.15) is 5.56 Å². The molecule has 1 aliphatic heterocycles. The number of carbonyl (C=O) groups is 2. The molecule has 2 amide bonds. The van der Waals surface area contributed by atoms with Gasteiger partial charge in [0.15, 0.2) is 11.5 Å². The number of hydrogen-bond donors (Lipinski definition) is 2. The number of nitrogens with one attached hydrogen (secondary N) is 1. The van der Waals surface area contributed by atoms with Crippen LogP contribution < -0.4 is 15.2 Å². The molecule has 6 nitrogen and oxygen atoms in total. The Hall–Kier alpha value is -2.51. The summed E-state index contributed by atoms with van der Waals surface area (Å²) < 4.78 is 5.87. The molecule has 1 aliphatic rings. The molecule has 2 aromatic carbocycles. The van der Waals surface area contributed by atoms with Crippen LogP contribution in [0.2, 0.25) is 5.02 Å². The maximum atomic E-state index is 12.6. The number of nitrogens with zero attached hydrogens (tertiary/aromatic N) is 1. The lowest BCUT2D eigenvalue weighted by molar-refractivity contribution is -0.117. The van der Waals surface area contributed by atoms with Crippen molar-refractivity contribution in [3.05, 3.63) is 57.0 Å². The average molecular weight is 424 g/mol. The highest BCUT2D eigenvalue weighted by Gasteiger charge is 2.34. The number of ether oxygens (including phenoxy) is 1. The van der Waals surface area contributed by atoms with Crippen molar-refractivity contribution < 1.29 is 19.4 Å². The molecular weight excluding hydrogens is 412 g/mol. The Kier molecular flexibility index (Phi) is 4.69. The molecular formula is C17H12BrClN2O4. The van der Waals surface area contributed by atoms with E-state index in [1.807, 2.05) is 0 Å². The summed E-state index contributed by atoms with van der Waals surface area (Å²) in [5, 5.41) is 11.6. The fourth-order valence-electron chi connectivity index (χ4n) is 2.34. The number of amides is 2. The summed E-state index contributed by atoms with van der Waals surface area (Å²) in [5.41, 5.74) is 3.09. The molecule has 0 atom stereocenters. The Balaban J connectivity index is 1.99. The van der Waals surface area contributed by atoms with Gasteiger partial charge in [-0.3, -0.25) is 15.0 Å². The monoisotopic (exact) mass is 422 g/mol. The van der Waals surface area contributed by atoms with Gasteiger partial charge in [0.2, 0.25) is 0 Å². The van der Waals surface area contributed by atoms with E-state index in [1.54, 1.807) is 24.3 Å². The van der Waals surface area contributed by atoms with Crippen molar-refractivity contribution >= 4 is 51.1 Å². The van der Waals surface area contributed by atoms with Gasteiger partial charge in [-0.15, -0.1) is 0 Å². The van der Waals surface area contributed by atoms with E-state index in [-0.39, 0.29) is 22.6 Å². The van der Waals surface area contributed by atoms with Crippen LogP contribution in [0.15, 0.2) is 46.4 Å². The Bertz CT molecular complexity index is 896. The molecule has 0 spiro atoms. The maximum Gasteiger partial charge on any atom is 0.282 e. The first-order chi connectivity index (χ1) is 11.9. The molecule has 1 heterocycles. The van der Waals surface area contributed by atoms with E-state index in [0.29, 0.717) is 10.7 Å². The predicted octanol–water partition coefficient (Wildman–Crippen LogP) is 3.28. The van der Waals surface area contributed by atoms with E-state index >= 15 is 0 Å². The van der Waals surface area contributed by atoms with Gasteiger partial charge in [0.1, 0.15) is 5.57 Å². The van der Waals surface area contributed by atoms with Gasteiger partial charge in [0.05, 0.1) is 12.8 Å². The van der Waals surface area contributed by atoms with Gasteiger partial charge in [-0.2, -0.15) is 0 Å². The Morgan fingerprint density at radius 1 is 1.24 bits per heavy atom. The first kappa shape index (κ1) is 17.3. The van der Waals surface area contributed by atoms with Crippen LogP contribution in [0.3, 0.4) is 0 Å². The molecule has 0 bridgehead atoms. The molecule has 0 radical (unpaired) electrons. The number of carbonyl (C=O) groups excluding carboxylic acids is 2. The normalized spacial score (nSPS) is 15.6. The van der Waals surface area contributed by atoms with Gasteiger partial charge in [0, 0.05) is 21.1 Å². The quantitative estimate of drug-likeness (QED) is 0.587. The minimum absolute atomic E-state index is 0.123. The van der Waals surface area contributed by atoms with E-state index in [0.717, 1.165) is 9.48 Å². The van der Waals surface area contributed by atoms with E-state index in [4.69, 9.17) is 16.3 Å². The van der Waals surface area contributed by atoms with Gasteiger partial charge in [-0.05, 0) is 36.4 Å². The summed E-state index contributed by atoms with van der Waals surface area (Å²) >= 11 is 9.29. The first-order valence-corrected chi connectivity index (χ1v) is 8.27. The molecule has 0 saturated carbocycles. The SMILES string of the molecule is COc1cc(Cl)cc(C=C2C(=O)NN(c3ccc(Br)cc3)C2=O)c1O. The Labute approximate surface area is 156 Å². The third-order valence-corrected chi connectivity index (χ3v) is 4.31. The smallest absolute Gasteiger partial charge is 0.282 e. The van der Waals surface area contributed by atoms with E-state index in [2.05, 4.69) is 21.4 Å². The second-order valence-corrected chi connectivity index (χ2v) is 6.51. The molecule has 3 rings (SSSR count). The van der Waals surface area contributed by atoms with Gasteiger partial charge in [-0.1, -0.05) is 27.5 Å². The number of phenolic OH excluding ortho intramolecular Hbond substituents is 1. The van der Waals surface area contributed by atoms with Crippen molar-refractivity contribution in [1.29, 1.82) is 0 Å². The second-order valence-electron chi connectivity index (χ2n) is 5.16. The number of halogens is 2. The fourth-order valence-corrected chi connectivity index (χ4v) is 2.83. The number of aromatic hydroxyl groups is 1. The van der Waals surface area contributed by atoms with E-state index in [1.165, 1.54) is 25.3 Å². The molecule has 2 N–H and O–H groups in total. The summed E-state index contributed by atoms with van der Waals surface area (Å²) in [5.74, 6) is -1.17. The molecule has 8 heteroatoms. The zero-order valence-corrected chi connectivity index (χ0v) is 15.3. The van der Waals surface area contributed by atoms with Gasteiger partial charge in [0.25, 0.3) is 11.8 Å². The van der Waals surface area contributed by atoms with Gasteiger partial charge >= 0.3 is 0 Å². The molecule has 1 fully saturated rings. The maximum absolute atomic E-state index is 12.6. The molecule has 0 aliphatic carbocycles. The number of hydrazine groups is 1. The number of benzene rings is 2. The molecule has 128 valence electrons. The highest BCUT2D eigenvalue weighted by molar-refractivity contribution is 9.10. The van der Waals surface area contributed by atoms with Crippen LogP contribution >= 0.6 is 27.5 Å². The van der Waals surface area contributed by atoms with Crippen LogP contribution in [0.5, 0.6) is 11.5 Å². The topological polar surface area (TPSA) is 78.9 Å². The Morgan fingerprint density at radius 3 is 2.56 bits per heavy atom. The Morgan fingerprint density at radius 2 is 1.92 bits per heavy atom. The van der Waals surface area contributed by atoms with Crippen molar-refractivity contribution in [2.45, 2.75) is 0 Å². The zero-order chi connectivity index (χ0) is 18.1. The van der Waals surface area contributed by atoms with E-state index in [9.17, 15) is 14.7 Å². The minimum atomic E-state index is -0.578. The van der Waals surface area contributed by atoms with Crippen molar-refractivity contribution in [2.24, 2.45) is 0 Å². The molecule has 1 saturated heterocycles. The van der Waals surface area contributed by atoms with Crippen LogP contribution in [0, 0.1) is 0 Å². The second kappa shape index (κ2) is 6.78. The highest BCUT2D eigenvalue weighted by atomic mass is 79.9. The van der Waals surface area contributed by atoms with Crippen molar-refractivity contribution in [3.8, 4) is 11.5 Å². The predicted molar refractivity (Wildman–Crippen MR) is 97.4 cm³/mol. The number of methoxy groups -OCH3 is 1. The summed E-state index contributed by atoms with van der Waals surface area (Å²) in [6.07, 6.45) is 1.28. The van der Waals surface area contributed by atoms with Crippen LogP contribution in [-0.2, 0) is 9.59 Å². The number of rotatable bonds is 3. The lowest BCUT2D eigenvalue weighted by Gasteiger charge is -2.14. The highest BCUT2D eigenvalue weighted by Crippen LogP contribution is 2.35. The number of anilines is 1. The number of hydrogen-bond acceptors (Lipinski definition) is 4. The number of phenols is 1. The molecule has 25 heavy (non-hydrogen) atoms. The minimum Gasteiger partial charge on any atom is -0.504 e. The third kappa shape index (κ3) is 3.33. The lowest BCUT2D eigenvalue weighted by Crippen LogP contribution is -2.35. The van der Waals surface area contributed by atoms with Crippen molar-refractivity contribution in [3.63, 3.8) is 0 Å². The summed E-state index contributed by atoms with van der Waals surface area (Å²) in [6.45, 7) is 0. The van der Waals surface area contributed by atoms with Crippen molar-refractivity contribution in [1.82, 2.24) is 5.43 Å². The first-order valence-electron chi connectivity index (χ1n) is 7.10. The summed E-state index contributed by atoms with van der Waals surface area (Å²) in [6, 6.07) is 9.75. The average Bonchev–Trinajstić information content (AvgIpc) is 2.86. The summed E-state index contributed by atoms with van der Waals surface area (Å²) in [4.78, 5) is 24.8. The lowest BCUT2D eigenvalue weighted by atomic mass is 10.1. The fraction of sp³-hybridized carbons (Fsp3) is 0.0588. The van der Waals surface area contributed by atoms with Crippen LogP contribution in [0.4, 0.5) is 5.69 Å². The molecule has 2 aromatic rings. The summed E-state index contributed by atoms with van der Waals surface area (Å²) in [7, 11) is 1.38. The van der Waals surface area contributed by atoms with Crippen LogP contribution in [-0.4, -0.2) is 24.0 Å². The van der Waals surface area contributed by atoms with E-state index < -0.39 is 11.8 Å². The third-order valence-electron chi connectivity index (χ3n) is 3.57. The molecule has 0 aromatic heterocycles. The van der Waals surface area contributed by atoms with Gasteiger partial charge < -0.3 is 9.84 Å². The van der Waals surface area contributed by atoms with Crippen LogP contribution in [0.25, 0.3) is 6.08 Å². The zero-order valence-electron chi connectivity index (χ0n) is 12.9. The van der Waals surface area contributed by atoms with Crippen molar-refractivity contribution in [2.75, 3.05) is 12.1 Å². The molecule has 0 unspecified atom stereocenters. The standard InChI is InChI=1S/C17H12BrClN2O4/c1-25-14-8-11(19)6-9(15(14)22)7-13-16(23)20-21(17(13)24)12-4-2-10(18)3-5-12/h2-8,22H,1H3,(H,20,23). The largest absolute Gasteiger partial charge is 0.504 e.